The van der Waals surface area contributed by atoms with E-state index in [1.807, 2.05) is 13.0 Å². The van der Waals surface area contributed by atoms with E-state index in [1.54, 1.807) is 42.5 Å². The first kappa shape index (κ1) is 17.8. The molecule has 5 nitrogen and oxygen atoms in total. The van der Waals surface area contributed by atoms with Crippen LogP contribution in [0.3, 0.4) is 0 Å². The third kappa shape index (κ3) is 5.28. The summed E-state index contributed by atoms with van der Waals surface area (Å²) in [7, 11) is 0. The average molecular weight is 348 g/mol. The predicted octanol–water partition coefficient (Wildman–Crippen LogP) is 3.12. The SMILES string of the molecule is CCOc1ccccc1OCC(=O)NCC(=O)c1cccc(Cl)c1. The molecular formula is C18H18ClNO4. The van der Waals surface area contributed by atoms with Gasteiger partial charge in [-0.1, -0.05) is 35.9 Å². The summed E-state index contributed by atoms with van der Waals surface area (Å²) in [6.45, 7) is 2.05. The average Bonchev–Trinajstić information content (AvgIpc) is 2.59. The van der Waals surface area contributed by atoms with Crippen molar-refractivity contribution in [2.24, 2.45) is 0 Å². The second-order valence-corrected chi connectivity index (χ2v) is 5.32. The summed E-state index contributed by atoms with van der Waals surface area (Å²) in [5.41, 5.74) is 0.449. The number of halogens is 1. The first-order chi connectivity index (χ1) is 11.6. The van der Waals surface area contributed by atoms with Gasteiger partial charge in [0.2, 0.25) is 0 Å². The van der Waals surface area contributed by atoms with Crippen molar-refractivity contribution in [1.29, 1.82) is 0 Å². The zero-order valence-electron chi connectivity index (χ0n) is 13.3. The lowest BCUT2D eigenvalue weighted by Gasteiger charge is -2.11. The Morgan fingerprint density at radius 1 is 1.04 bits per heavy atom. The number of rotatable bonds is 8. The molecule has 2 rings (SSSR count). The fourth-order valence-corrected chi connectivity index (χ4v) is 2.17. The lowest BCUT2D eigenvalue weighted by Crippen LogP contribution is -2.33. The van der Waals surface area contributed by atoms with Crippen LogP contribution in [0.1, 0.15) is 17.3 Å². The molecule has 0 aliphatic heterocycles. The Labute approximate surface area is 145 Å². The standard InChI is InChI=1S/C18H18ClNO4/c1-2-23-16-8-3-4-9-17(16)24-12-18(22)20-11-15(21)13-6-5-7-14(19)10-13/h3-10H,2,11-12H2,1H3,(H,20,22). The maximum absolute atomic E-state index is 12.0. The van der Waals surface area contributed by atoms with Gasteiger partial charge in [0.1, 0.15) is 0 Å². The molecule has 0 saturated carbocycles. The quantitative estimate of drug-likeness (QED) is 0.745. The normalized spacial score (nSPS) is 10.1. The summed E-state index contributed by atoms with van der Waals surface area (Å²) in [6.07, 6.45) is 0. The van der Waals surface area contributed by atoms with Crippen LogP contribution in [-0.4, -0.2) is 31.4 Å². The molecule has 0 saturated heterocycles. The summed E-state index contributed by atoms with van der Waals surface area (Å²) in [5, 5.41) is 3.00. The highest BCUT2D eigenvalue weighted by Crippen LogP contribution is 2.26. The molecule has 0 radical (unpaired) electrons. The van der Waals surface area contributed by atoms with Gasteiger partial charge in [0.05, 0.1) is 13.2 Å². The van der Waals surface area contributed by atoms with Crippen LogP contribution in [-0.2, 0) is 4.79 Å². The maximum Gasteiger partial charge on any atom is 0.258 e. The van der Waals surface area contributed by atoms with Crippen molar-refractivity contribution in [3.63, 3.8) is 0 Å². The van der Waals surface area contributed by atoms with E-state index in [2.05, 4.69) is 5.32 Å². The van der Waals surface area contributed by atoms with E-state index in [9.17, 15) is 9.59 Å². The van der Waals surface area contributed by atoms with Crippen molar-refractivity contribution in [2.45, 2.75) is 6.92 Å². The Balaban J connectivity index is 1.83. The highest BCUT2D eigenvalue weighted by Gasteiger charge is 2.10. The lowest BCUT2D eigenvalue weighted by atomic mass is 10.1. The number of carbonyl (C=O) groups is 2. The van der Waals surface area contributed by atoms with Crippen molar-refractivity contribution < 1.29 is 19.1 Å². The van der Waals surface area contributed by atoms with Crippen molar-refractivity contribution in [2.75, 3.05) is 19.8 Å². The molecule has 0 aromatic heterocycles. The number of ether oxygens (including phenoxy) is 2. The molecule has 0 bridgehead atoms. The van der Waals surface area contributed by atoms with E-state index in [0.717, 1.165) is 0 Å². The Kier molecular flexibility index (Phi) is 6.63. The van der Waals surface area contributed by atoms with Gasteiger partial charge in [-0.2, -0.15) is 0 Å². The first-order valence-corrected chi connectivity index (χ1v) is 7.88. The monoisotopic (exact) mass is 347 g/mol. The van der Waals surface area contributed by atoms with Crippen molar-refractivity contribution in [1.82, 2.24) is 5.32 Å². The molecule has 126 valence electrons. The predicted molar refractivity (Wildman–Crippen MR) is 91.9 cm³/mol. The van der Waals surface area contributed by atoms with E-state index < -0.39 is 5.91 Å². The Hall–Kier alpha value is -2.53. The number of hydrogen-bond acceptors (Lipinski definition) is 4. The summed E-state index contributed by atoms with van der Waals surface area (Å²) in [4.78, 5) is 23.8. The summed E-state index contributed by atoms with van der Waals surface area (Å²) in [5.74, 6) is 0.440. The van der Waals surface area contributed by atoms with Crippen LogP contribution in [0.5, 0.6) is 11.5 Å². The van der Waals surface area contributed by atoms with Gasteiger partial charge in [-0.25, -0.2) is 0 Å². The summed E-state index contributed by atoms with van der Waals surface area (Å²) < 4.78 is 10.9. The van der Waals surface area contributed by atoms with Crippen LogP contribution < -0.4 is 14.8 Å². The fourth-order valence-electron chi connectivity index (χ4n) is 1.98. The molecule has 0 atom stereocenters. The van der Waals surface area contributed by atoms with Crippen molar-refractivity contribution >= 4 is 23.3 Å². The molecule has 0 aliphatic carbocycles. The minimum Gasteiger partial charge on any atom is -0.490 e. The molecule has 2 aromatic rings. The fraction of sp³-hybridized carbons (Fsp3) is 0.222. The van der Waals surface area contributed by atoms with Gasteiger partial charge in [-0.05, 0) is 31.2 Å². The Morgan fingerprint density at radius 2 is 1.75 bits per heavy atom. The van der Waals surface area contributed by atoms with Crippen LogP contribution in [0.4, 0.5) is 0 Å². The smallest absolute Gasteiger partial charge is 0.258 e. The maximum atomic E-state index is 12.0. The molecule has 0 aliphatic rings. The van der Waals surface area contributed by atoms with Gasteiger partial charge in [-0.15, -0.1) is 0 Å². The summed E-state index contributed by atoms with van der Waals surface area (Å²) >= 11 is 5.84. The van der Waals surface area contributed by atoms with Gasteiger partial charge >= 0.3 is 0 Å². The molecule has 0 spiro atoms. The van der Waals surface area contributed by atoms with Gasteiger partial charge in [0.25, 0.3) is 5.91 Å². The van der Waals surface area contributed by atoms with E-state index in [0.29, 0.717) is 28.7 Å². The number of amides is 1. The van der Waals surface area contributed by atoms with Gasteiger partial charge < -0.3 is 14.8 Å². The number of hydrogen-bond donors (Lipinski definition) is 1. The van der Waals surface area contributed by atoms with E-state index >= 15 is 0 Å². The molecule has 2 aromatic carbocycles. The van der Waals surface area contributed by atoms with Crippen LogP contribution in [0, 0.1) is 0 Å². The van der Waals surface area contributed by atoms with E-state index in [4.69, 9.17) is 21.1 Å². The number of nitrogens with one attached hydrogen (secondary N) is 1. The Morgan fingerprint density at radius 3 is 2.42 bits per heavy atom. The molecule has 0 unspecified atom stereocenters. The largest absolute Gasteiger partial charge is 0.490 e. The van der Waals surface area contributed by atoms with Gasteiger partial charge in [0, 0.05) is 10.6 Å². The topological polar surface area (TPSA) is 64.6 Å². The zero-order chi connectivity index (χ0) is 17.4. The molecular weight excluding hydrogens is 330 g/mol. The number of carbonyl (C=O) groups excluding carboxylic acids is 2. The molecule has 24 heavy (non-hydrogen) atoms. The first-order valence-electron chi connectivity index (χ1n) is 7.50. The van der Waals surface area contributed by atoms with Gasteiger partial charge in [0.15, 0.2) is 23.9 Å². The second-order valence-electron chi connectivity index (χ2n) is 4.88. The van der Waals surface area contributed by atoms with Crippen molar-refractivity contribution in [3.05, 3.63) is 59.1 Å². The number of benzene rings is 2. The lowest BCUT2D eigenvalue weighted by molar-refractivity contribution is -0.122. The van der Waals surface area contributed by atoms with Crippen LogP contribution in [0.25, 0.3) is 0 Å². The highest BCUT2D eigenvalue weighted by atomic mass is 35.5. The minimum atomic E-state index is -0.392. The van der Waals surface area contributed by atoms with E-state index in [-0.39, 0.29) is 18.9 Å². The van der Waals surface area contributed by atoms with Crippen LogP contribution >= 0.6 is 11.6 Å². The molecule has 6 heteroatoms. The molecule has 0 heterocycles. The number of para-hydroxylation sites is 2. The third-order valence-corrected chi connectivity index (χ3v) is 3.34. The van der Waals surface area contributed by atoms with Crippen LogP contribution in [0.2, 0.25) is 5.02 Å². The molecule has 1 amide bonds. The molecule has 1 N–H and O–H groups in total. The number of ketones is 1. The second kappa shape index (κ2) is 8.93. The Bertz CT molecular complexity index is 718. The summed E-state index contributed by atoms with van der Waals surface area (Å²) in [6, 6.07) is 13.7. The highest BCUT2D eigenvalue weighted by molar-refractivity contribution is 6.31. The van der Waals surface area contributed by atoms with Gasteiger partial charge in [-0.3, -0.25) is 9.59 Å². The van der Waals surface area contributed by atoms with Crippen LogP contribution in [0.15, 0.2) is 48.5 Å². The number of Topliss-reactive ketones (excluding diaryl/α,β-unsaturated/α-hetero) is 1. The minimum absolute atomic E-state index is 0.115. The third-order valence-electron chi connectivity index (χ3n) is 3.10. The van der Waals surface area contributed by atoms with Crippen molar-refractivity contribution in [3.8, 4) is 11.5 Å². The molecule has 0 fully saturated rings. The zero-order valence-corrected chi connectivity index (χ0v) is 14.0. The van der Waals surface area contributed by atoms with E-state index in [1.165, 1.54) is 0 Å².